The molecule has 1 heterocycles. The Bertz CT molecular complexity index is 515. The topological polar surface area (TPSA) is 63.8 Å². The van der Waals surface area contributed by atoms with Crippen LogP contribution < -0.4 is 11.3 Å². The van der Waals surface area contributed by atoms with Gasteiger partial charge in [0, 0.05) is 6.20 Å². The van der Waals surface area contributed by atoms with Crippen molar-refractivity contribution in [3.63, 3.8) is 0 Å². The van der Waals surface area contributed by atoms with E-state index in [0.29, 0.717) is 5.69 Å². The van der Waals surface area contributed by atoms with Gasteiger partial charge in [0.2, 0.25) is 0 Å². The molecule has 14 heavy (non-hydrogen) atoms. The van der Waals surface area contributed by atoms with Gasteiger partial charge in [0.05, 0.1) is 5.69 Å². The third-order valence-corrected chi connectivity index (χ3v) is 1.87. The molecule has 4 nitrogen and oxygen atoms in total. The fraction of sp³-hybridized carbons (Fsp3) is 0. The van der Waals surface area contributed by atoms with Gasteiger partial charge in [-0.05, 0) is 18.2 Å². The third-order valence-electron chi connectivity index (χ3n) is 1.87. The predicted molar refractivity (Wildman–Crippen MR) is 50.8 cm³/mol. The van der Waals surface area contributed by atoms with Crippen LogP contribution in [0.25, 0.3) is 5.69 Å². The van der Waals surface area contributed by atoms with Crippen LogP contribution >= 0.6 is 0 Å². The quantitative estimate of drug-likeness (QED) is 0.706. The number of H-pyrrole nitrogens is 1. The number of nitrogens with one attached hydrogen (secondary N) is 1. The number of benzene rings is 1. The molecule has 0 spiro atoms. The van der Waals surface area contributed by atoms with Crippen LogP contribution in [-0.2, 0) is 0 Å². The number of aromatic amines is 1. The fourth-order valence-electron chi connectivity index (χ4n) is 1.19. The van der Waals surface area contributed by atoms with Crippen molar-refractivity contribution >= 4 is 5.69 Å². The molecule has 0 aliphatic rings. The second kappa shape index (κ2) is 3.02. The maximum Gasteiger partial charge on any atom is 0.294 e. The van der Waals surface area contributed by atoms with Crippen molar-refractivity contribution in [2.75, 3.05) is 5.73 Å². The maximum absolute atomic E-state index is 12.8. The molecule has 0 radical (unpaired) electrons. The van der Waals surface area contributed by atoms with Gasteiger partial charge in [0.1, 0.15) is 11.5 Å². The molecule has 0 aliphatic heterocycles. The van der Waals surface area contributed by atoms with E-state index in [9.17, 15) is 9.18 Å². The lowest BCUT2D eigenvalue weighted by Crippen LogP contribution is -2.16. The van der Waals surface area contributed by atoms with E-state index in [1.54, 1.807) is 6.07 Å². The number of halogens is 1. The molecule has 1 aromatic carbocycles. The van der Waals surface area contributed by atoms with Crippen molar-refractivity contribution in [1.82, 2.24) is 9.78 Å². The zero-order chi connectivity index (χ0) is 10.1. The number of aromatic nitrogens is 2. The van der Waals surface area contributed by atoms with Gasteiger partial charge in [-0.15, -0.1) is 0 Å². The summed E-state index contributed by atoms with van der Waals surface area (Å²) in [4.78, 5) is 11.4. The van der Waals surface area contributed by atoms with Gasteiger partial charge in [-0.2, -0.15) is 0 Å². The van der Waals surface area contributed by atoms with Gasteiger partial charge < -0.3 is 5.73 Å². The minimum atomic E-state index is -0.400. The number of rotatable bonds is 1. The first-order chi connectivity index (χ1) is 6.68. The number of nitrogens with two attached hydrogens (primary N) is 1. The van der Waals surface area contributed by atoms with Crippen LogP contribution in [0.2, 0.25) is 0 Å². The van der Waals surface area contributed by atoms with Gasteiger partial charge in [-0.25, -0.2) is 9.07 Å². The van der Waals surface area contributed by atoms with E-state index in [1.807, 2.05) is 0 Å². The second-order valence-electron chi connectivity index (χ2n) is 2.85. The summed E-state index contributed by atoms with van der Waals surface area (Å²) in [6.45, 7) is 0. The van der Waals surface area contributed by atoms with E-state index in [4.69, 9.17) is 5.73 Å². The predicted octanol–water partition coefficient (Wildman–Crippen LogP) is 0.887. The highest BCUT2D eigenvalue weighted by Gasteiger charge is 2.04. The van der Waals surface area contributed by atoms with E-state index < -0.39 is 5.82 Å². The fourth-order valence-corrected chi connectivity index (χ4v) is 1.19. The number of hydrogen-bond acceptors (Lipinski definition) is 2. The van der Waals surface area contributed by atoms with Gasteiger partial charge in [0.15, 0.2) is 0 Å². The zero-order valence-corrected chi connectivity index (χ0v) is 7.20. The summed E-state index contributed by atoms with van der Waals surface area (Å²) in [6, 6.07) is 5.69. The monoisotopic (exact) mass is 193 g/mol. The Hall–Kier alpha value is -2.04. The lowest BCUT2D eigenvalue weighted by Gasteiger charge is -1.99. The minimum Gasteiger partial charge on any atom is -0.393 e. The molecule has 2 aromatic rings. The second-order valence-corrected chi connectivity index (χ2v) is 2.85. The SMILES string of the molecule is Nc1c[nH]n(-c2cccc(F)c2)c1=O. The van der Waals surface area contributed by atoms with Crippen LogP contribution in [0.3, 0.4) is 0 Å². The standard InChI is InChI=1S/C9H8FN3O/c10-6-2-1-3-7(4-6)13-9(14)8(11)5-12-13/h1-5,12H,11H2. The van der Waals surface area contributed by atoms with Crippen LogP contribution in [0, 0.1) is 5.82 Å². The largest absolute Gasteiger partial charge is 0.393 e. The van der Waals surface area contributed by atoms with Crippen molar-refractivity contribution in [1.29, 1.82) is 0 Å². The molecule has 0 aliphatic carbocycles. The van der Waals surface area contributed by atoms with Gasteiger partial charge in [0.25, 0.3) is 5.56 Å². The molecule has 5 heteroatoms. The molecule has 1 aromatic heterocycles. The molecule has 0 unspecified atom stereocenters. The van der Waals surface area contributed by atoms with E-state index in [2.05, 4.69) is 5.10 Å². The zero-order valence-electron chi connectivity index (χ0n) is 7.20. The summed E-state index contributed by atoms with van der Waals surface area (Å²) in [5.74, 6) is -0.400. The van der Waals surface area contributed by atoms with Crippen LogP contribution in [0.5, 0.6) is 0 Å². The van der Waals surface area contributed by atoms with Crippen LogP contribution in [0.15, 0.2) is 35.3 Å². The van der Waals surface area contributed by atoms with Crippen LogP contribution in [-0.4, -0.2) is 9.78 Å². The number of nitrogen functional groups attached to an aromatic ring is 1. The van der Waals surface area contributed by atoms with E-state index in [0.717, 1.165) is 0 Å². The van der Waals surface area contributed by atoms with Crippen LogP contribution in [0.1, 0.15) is 0 Å². The molecule has 0 amide bonds. The molecule has 3 N–H and O–H groups in total. The normalized spacial score (nSPS) is 10.4. The Labute approximate surface area is 78.8 Å². The Morgan fingerprint density at radius 1 is 1.43 bits per heavy atom. The molecule has 0 bridgehead atoms. The van der Waals surface area contributed by atoms with E-state index in [-0.39, 0.29) is 11.2 Å². The lowest BCUT2D eigenvalue weighted by atomic mass is 10.3. The minimum absolute atomic E-state index is 0.106. The molecule has 72 valence electrons. The Morgan fingerprint density at radius 2 is 2.21 bits per heavy atom. The summed E-state index contributed by atoms with van der Waals surface area (Å²) in [6.07, 6.45) is 1.37. The first kappa shape index (κ1) is 8.55. The first-order valence-electron chi connectivity index (χ1n) is 4.00. The number of hydrogen-bond donors (Lipinski definition) is 2. The summed E-state index contributed by atoms with van der Waals surface area (Å²) < 4.78 is 14.0. The van der Waals surface area contributed by atoms with Gasteiger partial charge >= 0.3 is 0 Å². The number of anilines is 1. The Kier molecular flexibility index (Phi) is 1.85. The van der Waals surface area contributed by atoms with Crippen molar-refractivity contribution in [3.8, 4) is 5.69 Å². The highest BCUT2D eigenvalue weighted by Crippen LogP contribution is 2.06. The Morgan fingerprint density at radius 3 is 2.79 bits per heavy atom. The molecule has 0 atom stereocenters. The molecule has 2 rings (SSSR count). The molecule has 0 saturated heterocycles. The molecule has 0 fully saturated rings. The van der Waals surface area contributed by atoms with Crippen molar-refractivity contribution in [3.05, 3.63) is 46.6 Å². The first-order valence-corrected chi connectivity index (χ1v) is 4.00. The highest BCUT2D eigenvalue weighted by molar-refractivity contribution is 5.38. The maximum atomic E-state index is 12.8. The van der Waals surface area contributed by atoms with E-state index in [1.165, 1.54) is 29.1 Å². The molecular formula is C9H8FN3O. The summed E-state index contributed by atoms with van der Waals surface area (Å²) in [5, 5.41) is 2.63. The number of nitrogens with zero attached hydrogens (tertiary/aromatic N) is 1. The summed E-state index contributed by atoms with van der Waals surface area (Å²) in [7, 11) is 0. The average molecular weight is 193 g/mol. The van der Waals surface area contributed by atoms with Crippen molar-refractivity contribution < 1.29 is 4.39 Å². The average Bonchev–Trinajstić information content (AvgIpc) is 2.48. The van der Waals surface area contributed by atoms with Crippen molar-refractivity contribution in [2.45, 2.75) is 0 Å². The lowest BCUT2D eigenvalue weighted by molar-refractivity contribution is 0.625. The summed E-state index contributed by atoms with van der Waals surface area (Å²) >= 11 is 0. The van der Waals surface area contributed by atoms with Gasteiger partial charge in [-0.1, -0.05) is 6.07 Å². The molecular weight excluding hydrogens is 185 g/mol. The Balaban J connectivity index is 2.60. The third kappa shape index (κ3) is 1.28. The highest BCUT2D eigenvalue weighted by atomic mass is 19.1. The van der Waals surface area contributed by atoms with Crippen LogP contribution in [0.4, 0.5) is 10.1 Å². The molecule has 0 saturated carbocycles. The van der Waals surface area contributed by atoms with E-state index >= 15 is 0 Å². The van der Waals surface area contributed by atoms with Crippen molar-refractivity contribution in [2.24, 2.45) is 0 Å². The smallest absolute Gasteiger partial charge is 0.294 e. The van der Waals surface area contributed by atoms with Gasteiger partial charge in [-0.3, -0.25) is 9.89 Å². The summed E-state index contributed by atoms with van der Waals surface area (Å²) in [5.41, 5.74) is 5.51.